The molecule has 0 saturated carbocycles. The van der Waals surface area contributed by atoms with Crippen LogP contribution in [0.4, 0.5) is 5.82 Å². The van der Waals surface area contributed by atoms with Gasteiger partial charge in [0.05, 0.1) is 12.7 Å². The second-order valence-electron chi connectivity index (χ2n) is 6.31. The third-order valence-corrected chi connectivity index (χ3v) is 4.72. The lowest BCUT2D eigenvalue weighted by molar-refractivity contribution is 0.0748. The fourth-order valence-corrected chi connectivity index (χ4v) is 3.30. The number of ether oxygens (including phenoxy) is 1. The first kappa shape index (κ1) is 17.1. The lowest BCUT2D eigenvalue weighted by Gasteiger charge is -2.35. The summed E-state index contributed by atoms with van der Waals surface area (Å²) in [5, 5.41) is 0.604. The van der Waals surface area contributed by atoms with Gasteiger partial charge < -0.3 is 19.0 Å². The molecule has 4 rings (SSSR count). The number of fused-ring (bicyclic) bond motifs is 1. The van der Waals surface area contributed by atoms with E-state index >= 15 is 0 Å². The lowest BCUT2D eigenvalue weighted by atomic mass is 10.1. The molecule has 3 heterocycles. The highest BCUT2D eigenvalue weighted by Gasteiger charge is 2.25. The van der Waals surface area contributed by atoms with Crippen LogP contribution in [0.15, 0.2) is 57.9 Å². The molecule has 1 saturated heterocycles. The summed E-state index contributed by atoms with van der Waals surface area (Å²) >= 11 is 0. The van der Waals surface area contributed by atoms with Crippen LogP contribution in [-0.4, -0.2) is 49.1 Å². The molecule has 0 spiro atoms. The second-order valence-corrected chi connectivity index (χ2v) is 6.31. The van der Waals surface area contributed by atoms with E-state index in [-0.39, 0.29) is 5.91 Å². The van der Waals surface area contributed by atoms with Gasteiger partial charge in [-0.3, -0.25) is 4.79 Å². The van der Waals surface area contributed by atoms with Gasteiger partial charge in [0.15, 0.2) is 0 Å². The summed E-state index contributed by atoms with van der Waals surface area (Å²) in [6.07, 6.45) is 1.76. The Morgan fingerprint density at radius 2 is 1.93 bits per heavy atom. The second kappa shape index (κ2) is 7.11. The lowest BCUT2D eigenvalue weighted by Crippen LogP contribution is -2.49. The van der Waals surface area contributed by atoms with E-state index in [9.17, 15) is 9.59 Å². The van der Waals surface area contributed by atoms with Crippen molar-refractivity contribution in [2.24, 2.45) is 0 Å². The Labute approximate surface area is 155 Å². The van der Waals surface area contributed by atoms with Crippen LogP contribution in [0.1, 0.15) is 10.4 Å². The average Bonchev–Trinajstić information content (AvgIpc) is 2.73. The van der Waals surface area contributed by atoms with Crippen molar-refractivity contribution in [3.63, 3.8) is 0 Å². The van der Waals surface area contributed by atoms with Crippen molar-refractivity contribution >= 4 is 22.7 Å². The first-order chi connectivity index (χ1) is 13.2. The summed E-state index contributed by atoms with van der Waals surface area (Å²) in [6.45, 7) is 2.51. The minimum atomic E-state index is -0.550. The molecule has 0 unspecified atom stereocenters. The number of hydrogen-bond donors (Lipinski definition) is 0. The van der Waals surface area contributed by atoms with Crippen LogP contribution in [0.5, 0.6) is 5.75 Å². The van der Waals surface area contributed by atoms with Crippen molar-refractivity contribution in [3.05, 3.63) is 64.6 Å². The topological polar surface area (TPSA) is 75.9 Å². The Morgan fingerprint density at radius 3 is 2.63 bits per heavy atom. The zero-order valence-corrected chi connectivity index (χ0v) is 14.9. The van der Waals surface area contributed by atoms with Gasteiger partial charge in [-0.25, -0.2) is 9.78 Å². The first-order valence-electron chi connectivity index (χ1n) is 8.73. The van der Waals surface area contributed by atoms with Gasteiger partial charge in [0.2, 0.25) is 0 Å². The highest BCUT2D eigenvalue weighted by molar-refractivity contribution is 6.05. The van der Waals surface area contributed by atoms with Crippen LogP contribution >= 0.6 is 0 Å². The molecule has 27 heavy (non-hydrogen) atoms. The van der Waals surface area contributed by atoms with E-state index in [1.165, 1.54) is 13.2 Å². The van der Waals surface area contributed by atoms with Crippen LogP contribution < -0.4 is 15.3 Å². The predicted octanol–water partition coefficient (Wildman–Crippen LogP) is 2.16. The smallest absolute Gasteiger partial charge is 0.337 e. The maximum atomic E-state index is 13.0. The van der Waals surface area contributed by atoms with Crippen LogP contribution in [-0.2, 0) is 0 Å². The fourth-order valence-electron chi connectivity index (χ4n) is 3.30. The number of aromatic nitrogens is 1. The normalized spacial score (nSPS) is 14.4. The van der Waals surface area contributed by atoms with Crippen molar-refractivity contribution in [2.75, 3.05) is 38.2 Å². The van der Waals surface area contributed by atoms with E-state index in [4.69, 9.17) is 9.15 Å². The maximum Gasteiger partial charge on any atom is 0.337 e. The third kappa shape index (κ3) is 3.36. The number of methoxy groups -OCH3 is 1. The van der Waals surface area contributed by atoms with Crippen molar-refractivity contribution in [1.29, 1.82) is 0 Å². The van der Waals surface area contributed by atoms with Gasteiger partial charge in [0.25, 0.3) is 5.91 Å². The Morgan fingerprint density at radius 1 is 1.11 bits per heavy atom. The molecule has 1 amide bonds. The molecule has 0 radical (unpaired) electrons. The Hall–Kier alpha value is -3.35. The van der Waals surface area contributed by atoms with Gasteiger partial charge >= 0.3 is 5.63 Å². The van der Waals surface area contributed by atoms with Gasteiger partial charge in [-0.15, -0.1) is 0 Å². The number of carbonyl (C=O) groups excluding carboxylic acids is 1. The first-order valence-corrected chi connectivity index (χ1v) is 8.73. The van der Waals surface area contributed by atoms with E-state index in [1.807, 2.05) is 18.2 Å². The molecule has 0 bridgehead atoms. The zero-order chi connectivity index (χ0) is 18.8. The minimum Gasteiger partial charge on any atom is -0.497 e. The molecule has 3 aromatic rings. The molecule has 7 heteroatoms. The number of anilines is 1. The molecule has 1 aliphatic heterocycles. The zero-order valence-electron chi connectivity index (χ0n) is 14.9. The van der Waals surface area contributed by atoms with E-state index in [2.05, 4.69) is 9.88 Å². The van der Waals surface area contributed by atoms with Crippen molar-refractivity contribution in [1.82, 2.24) is 9.88 Å². The third-order valence-electron chi connectivity index (χ3n) is 4.72. The summed E-state index contributed by atoms with van der Waals surface area (Å²) in [6, 6.07) is 12.2. The molecule has 138 valence electrons. The molecule has 2 aromatic heterocycles. The van der Waals surface area contributed by atoms with Gasteiger partial charge in [-0.2, -0.15) is 0 Å². The van der Waals surface area contributed by atoms with Crippen molar-refractivity contribution in [3.8, 4) is 5.75 Å². The molecular formula is C20H19N3O4. The maximum absolute atomic E-state index is 13.0. The van der Waals surface area contributed by atoms with E-state index in [0.29, 0.717) is 48.5 Å². The Bertz CT molecular complexity index is 1020. The molecule has 0 N–H and O–H groups in total. The summed E-state index contributed by atoms with van der Waals surface area (Å²) < 4.78 is 10.4. The number of piperazine rings is 1. The SMILES string of the molecule is COc1ccc2c(C(=O)N3CCN(c4ccccn4)CC3)cc(=O)oc2c1. The monoisotopic (exact) mass is 365 g/mol. The van der Waals surface area contributed by atoms with Gasteiger partial charge in [-0.05, 0) is 24.3 Å². The van der Waals surface area contributed by atoms with Crippen LogP contribution in [0.25, 0.3) is 11.0 Å². The standard InChI is InChI=1S/C20H19N3O4/c1-26-14-5-6-15-16(13-19(24)27-17(15)12-14)20(25)23-10-8-22(9-11-23)18-4-2-3-7-21-18/h2-7,12-13H,8-11H2,1H3. The largest absolute Gasteiger partial charge is 0.497 e. The molecule has 1 fully saturated rings. The van der Waals surface area contributed by atoms with Crippen molar-refractivity contribution < 1.29 is 13.9 Å². The van der Waals surface area contributed by atoms with Crippen LogP contribution in [0.3, 0.4) is 0 Å². The number of benzene rings is 1. The quantitative estimate of drug-likeness (QED) is 0.662. The summed E-state index contributed by atoms with van der Waals surface area (Å²) in [5.41, 5.74) is 0.152. The number of nitrogens with zero attached hydrogens (tertiary/aromatic N) is 3. The van der Waals surface area contributed by atoms with E-state index in [0.717, 1.165) is 5.82 Å². The van der Waals surface area contributed by atoms with Gasteiger partial charge in [-0.1, -0.05) is 6.07 Å². The molecule has 7 nitrogen and oxygen atoms in total. The molecule has 1 aromatic carbocycles. The van der Waals surface area contributed by atoms with Crippen LogP contribution in [0.2, 0.25) is 0 Å². The molecule has 0 atom stereocenters. The van der Waals surface area contributed by atoms with Crippen molar-refractivity contribution in [2.45, 2.75) is 0 Å². The number of amides is 1. The number of hydrogen-bond acceptors (Lipinski definition) is 6. The van der Waals surface area contributed by atoms with Gasteiger partial charge in [0, 0.05) is 49.9 Å². The molecule has 1 aliphatic rings. The highest BCUT2D eigenvalue weighted by Crippen LogP contribution is 2.24. The Balaban J connectivity index is 1.58. The summed E-state index contributed by atoms with van der Waals surface area (Å²) in [5.74, 6) is 1.31. The number of carbonyl (C=O) groups is 1. The van der Waals surface area contributed by atoms with Gasteiger partial charge in [0.1, 0.15) is 17.2 Å². The molecular weight excluding hydrogens is 346 g/mol. The average molecular weight is 365 g/mol. The predicted molar refractivity (Wildman–Crippen MR) is 101 cm³/mol. The fraction of sp³-hybridized carbons (Fsp3) is 0.250. The highest BCUT2D eigenvalue weighted by atomic mass is 16.5. The van der Waals surface area contributed by atoms with Crippen LogP contribution in [0, 0.1) is 0 Å². The molecule has 0 aliphatic carbocycles. The van der Waals surface area contributed by atoms with E-state index < -0.39 is 5.63 Å². The van der Waals surface area contributed by atoms with E-state index in [1.54, 1.807) is 29.3 Å². The minimum absolute atomic E-state index is 0.168. The number of rotatable bonds is 3. The summed E-state index contributed by atoms with van der Waals surface area (Å²) in [7, 11) is 1.54. The summed E-state index contributed by atoms with van der Waals surface area (Å²) in [4.78, 5) is 33.2. The number of pyridine rings is 1. The Kier molecular flexibility index (Phi) is 4.50.